The van der Waals surface area contributed by atoms with E-state index < -0.39 is 17.7 Å². The van der Waals surface area contributed by atoms with Crippen LogP contribution in [-0.4, -0.2) is 68.0 Å². The Balaban J connectivity index is 2.10. The molecule has 0 fully saturated rings. The summed E-state index contributed by atoms with van der Waals surface area (Å²) in [4.78, 5) is 30.0. The molecule has 0 spiro atoms. The van der Waals surface area contributed by atoms with Gasteiger partial charge in [-0.15, -0.1) is 11.3 Å². The van der Waals surface area contributed by atoms with E-state index in [1.54, 1.807) is 35.7 Å². The first-order chi connectivity index (χ1) is 13.9. The van der Waals surface area contributed by atoms with Crippen LogP contribution in [-0.2, 0) is 4.79 Å². The van der Waals surface area contributed by atoms with E-state index in [1.807, 2.05) is 19.0 Å². The number of ketones is 1. The second kappa shape index (κ2) is 8.67. The predicted octanol–water partition coefficient (Wildman–Crippen LogP) is 2.91. The number of carbonyl (C=O) groups excluding carboxylic acids is 2. The lowest BCUT2D eigenvalue weighted by Gasteiger charge is -2.28. The van der Waals surface area contributed by atoms with E-state index in [2.05, 4.69) is 0 Å². The Bertz CT molecular complexity index is 937. The molecule has 0 bridgehead atoms. The lowest BCUT2D eigenvalue weighted by atomic mass is 9.95. The summed E-state index contributed by atoms with van der Waals surface area (Å²) in [5.74, 6) is -0.370. The highest BCUT2D eigenvalue weighted by Gasteiger charge is 2.44. The minimum atomic E-state index is -0.711. The van der Waals surface area contributed by atoms with Crippen LogP contribution in [0, 0.1) is 0 Å². The molecule has 1 aliphatic rings. The summed E-state index contributed by atoms with van der Waals surface area (Å²) >= 11 is 1.27. The third-order valence-corrected chi connectivity index (χ3v) is 5.67. The number of benzene rings is 1. The van der Waals surface area contributed by atoms with E-state index in [0.717, 1.165) is 0 Å². The van der Waals surface area contributed by atoms with Gasteiger partial charge in [0.15, 0.2) is 17.3 Å². The minimum Gasteiger partial charge on any atom is -0.503 e. The van der Waals surface area contributed by atoms with E-state index in [4.69, 9.17) is 9.47 Å². The number of likely N-dealkylation sites (N-methyl/N-ethyl adjacent to an activating group) is 1. The Labute approximate surface area is 173 Å². The second-order valence-electron chi connectivity index (χ2n) is 6.89. The Hall–Kier alpha value is -2.84. The molecule has 0 radical (unpaired) electrons. The number of amides is 1. The maximum Gasteiger partial charge on any atom is 0.290 e. The van der Waals surface area contributed by atoms with Crippen molar-refractivity contribution in [3.63, 3.8) is 0 Å². The van der Waals surface area contributed by atoms with Gasteiger partial charge >= 0.3 is 0 Å². The topological polar surface area (TPSA) is 79.3 Å². The Kier molecular flexibility index (Phi) is 6.24. The largest absolute Gasteiger partial charge is 0.503 e. The lowest BCUT2D eigenvalue weighted by molar-refractivity contribution is -0.129. The monoisotopic (exact) mass is 416 g/mol. The number of aliphatic hydroxyl groups excluding tert-OH is 1. The number of nitrogens with zero attached hydrogens (tertiary/aromatic N) is 2. The molecule has 2 aromatic rings. The Morgan fingerprint density at radius 3 is 2.52 bits per heavy atom. The van der Waals surface area contributed by atoms with Gasteiger partial charge in [0.05, 0.1) is 30.7 Å². The van der Waals surface area contributed by atoms with Crippen molar-refractivity contribution in [2.24, 2.45) is 0 Å². The van der Waals surface area contributed by atoms with Crippen molar-refractivity contribution < 1.29 is 24.2 Å². The zero-order chi connectivity index (χ0) is 21.1. The molecule has 1 amide bonds. The highest BCUT2D eigenvalue weighted by Crippen LogP contribution is 2.41. The number of hydrogen-bond acceptors (Lipinski definition) is 7. The normalized spacial score (nSPS) is 16.7. The van der Waals surface area contributed by atoms with Gasteiger partial charge in [0.2, 0.25) is 5.78 Å². The maximum atomic E-state index is 13.2. The molecule has 1 aromatic heterocycles. The zero-order valence-electron chi connectivity index (χ0n) is 16.8. The highest BCUT2D eigenvalue weighted by molar-refractivity contribution is 7.12. The molecule has 0 saturated heterocycles. The molecule has 1 atom stereocenters. The summed E-state index contributed by atoms with van der Waals surface area (Å²) in [6, 6.07) is 7.98. The van der Waals surface area contributed by atoms with Crippen molar-refractivity contribution >= 4 is 23.0 Å². The van der Waals surface area contributed by atoms with Crippen LogP contribution in [0.15, 0.2) is 47.0 Å². The van der Waals surface area contributed by atoms with Crippen LogP contribution in [0.5, 0.6) is 11.5 Å². The van der Waals surface area contributed by atoms with Crippen LogP contribution < -0.4 is 9.47 Å². The molecule has 1 N–H and O–H groups in total. The van der Waals surface area contributed by atoms with Gasteiger partial charge in [0.1, 0.15) is 0 Å². The first kappa shape index (κ1) is 20.9. The van der Waals surface area contributed by atoms with Gasteiger partial charge in [-0.1, -0.05) is 12.1 Å². The number of aliphatic hydroxyl groups is 1. The molecule has 3 rings (SSSR count). The Morgan fingerprint density at radius 1 is 1.21 bits per heavy atom. The summed E-state index contributed by atoms with van der Waals surface area (Å²) in [5.41, 5.74) is 0.752. The smallest absolute Gasteiger partial charge is 0.290 e. The van der Waals surface area contributed by atoms with Gasteiger partial charge in [-0.2, -0.15) is 0 Å². The molecule has 0 aliphatic carbocycles. The molecular weight excluding hydrogens is 392 g/mol. The molecule has 29 heavy (non-hydrogen) atoms. The summed E-state index contributed by atoms with van der Waals surface area (Å²) in [6.07, 6.45) is 0. The van der Waals surface area contributed by atoms with Gasteiger partial charge in [-0.3, -0.25) is 9.59 Å². The van der Waals surface area contributed by atoms with E-state index in [1.165, 1.54) is 30.5 Å². The molecule has 0 saturated carbocycles. The number of ether oxygens (including phenoxy) is 2. The zero-order valence-corrected chi connectivity index (χ0v) is 17.7. The predicted molar refractivity (Wildman–Crippen MR) is 111 cm³/mol. The van der Waals surface area contributed by atoms with Gasteiger partial charge in [-0.05, 0) is 43.2 Å². The van der Waals surface area contributed by atoms with E-state index in [-0.39, 0.29) is 11.4 Å². The van der Waals surface area contributed by atoms with Crippen LogP contribution in [0.3, 0.4) is 0 Å². The standard InChI is InChI=1S/C21H24N2O5S/c1-22(2)9-10-23-18(13-7-8-14(27-3)15(12-13)28-4)17(20(25)21(23)26)19(24)16-6-5-11-29-16/h5-8,11-12,18,25H,9-10H2,1-4H3. The SMILES string of the molecule is COc1ccc(C2C(C(=O)c3cccs3)=C(O)C(=O)N2CCN(C)C)cc1OC. The summed E-state index contributed by atoms with van der Waals surface area (Å²) < 4.78 is 10.7. The van der Waals surface area contributed by atoms with Gasteiger partial charge in [0.25, 0.3) is 5.91 Å². The molecule has 1 unspecified atom stereocenters. The highest BCUT2D eigenvalue weighted by atomic mass is 32.1. The number of carbonyl (C=O) groups is 2. The van der Waals surface area contributed by atoms with Gasteiger partial charge in [-0.25, -0.2) is 0 Å². The lowest BCUT2D eigenvalue weighted by Crippen LogP contribution is -2.36. The molecule has 2 heterocycles. The molecule has 7 nitrogen and oxygen atoms in total. The van der Waals surface area contributed by atoms with Crippen LogP contribution in [0.4, 0.5) is 0 Å². The van der Waals surface area contributed by atoms with Crippen LogP contribution in [0.1, 0.15) is 21.3 Å². The number of methoxy groups -OCH3 is 2. The Morgan fingerprint density at radius 2 is 1.93 bits per heavy atom. The van der Waals surface area contributed by atoms with Crippen molar-refractivity contribution in [3.8, 4) is 11.5 Å². The number of Topliss-reactive ketones (excluding diaryl/α,β-unsaturated/α-hetero) is 1. The first-order valence-corrected chi connectivity index (χ1v) is 9.96. The fraction of sp³-hybridized carbons (Fsp3) is 0.333. The maximum absolute atomic E-state index is 13.2. The fourth-order valence-electron chi connectivity index (χ4n) is 3.33. The quantitative estimate of drug-likeness (QED) is 0.667. The van der Waals surface area contributed by atoms with Crippen molar-refractivity contribution in [1.29, 1.82) is 0 Å². The van der Waals surface area contributed by atoms with E-state index in [9.17, 15) is 14.7 Å². The van der Waals surface area contributed by atoms with Crippen LogP contribution in [0.25, 0.3) is 0 Å². The van der Waals surface area contributed by atoms with Gasteiger partial charge in [0, 0.05) is 13.1 Å². The van der Waals surface area contributed by atoms with Gasteiger partial charge < -0.3 is 24.4 Å². The first-order valence-electron chi connectivity index (χ1n) is 9.08. The summed E-state index contributed by atoms with van der Waals surface area (Å²) in [5, 5.41) is 12.4. The average molecular weight is 416 g/mol. The summed E-state index contributed by atoms with van der Waals surface area (Å²) in [7, 11) is 6.86. The third-order valence-electron chi connectivity index (χ3n) is 4.80. The summed E-state index contributed by atoms with van der Waals surface area (Å²) in [6.45, 7) is 0.944. The van der Waals surface area contributed by atoms with Crippen LogP contribution in [0.2, 0.25) is 0 Å². The van der Waals surface area contributed by atoms with Crippen molar-refractivity contribution in [2.45, 2.75) is 6.04 Å². The van der Waals surface area contributed by atoms with Crippen molar-refractivity contribution in [3.05, 3.63) is 57.5 Å². The second-order valence-corrected chi connectivity index (χ2v) is 7.84. The van der Waals surface area contributed by atoms with Crippen molar-refractivity contribution in [1.82, 2.24) is 9.80 Å². The molecule has 8 heteroatoms. The molecule has 1 aliphatic heterocycles. The van der Waals surface area contributed by atoms with E-state index >= 15 is 0 Å². The van der Waals surface area contributed by atoms with E-state index in [0.29, 0.717) is 35.0 Å². The number of hydrogen-bond donors (Lipinski definition) is 1. The van der Waals surface area contributed by atoms with Crippen LogP contribution >= 0.6 is 11.3 Å². The molecular formula is C21H24N2O5S. The van der Waals surface area contributed by atoms with Crippen molar-refractivity contribution in [2.75, 3.05) is 41.4 Å². The molecule has 1 aromatic carbocycles. The number of thiophene rings is 1. The average Bonchev–Trinajstić information content (AvgIpc) is 3.33. The number of rotatable bonds is 8. The third kappa shape index (κ3) is 3.99. The minimum absolute atomic E-state index is 0.0865. The molecule has 154 valence electrons. The fourth-order valence-corrected chi connectivity index (χ4v) is 4.01.